The molecule has 4 nitrogen and oxygen atoms in total. The second-order valence-electron chi connectivity index (χ2n) is 5.85. The van der Waals surface area contributed by atoms with E-state index in [4.69, 9.17) is 4.74 Å². The van der Waals surface area contributed by atoms with Crippen molar-refractivity contribution in [2.45, 2.75) is 24.8 Å². The van der Waals surface area contributed by atoms with Crippen molar-refractivity contribution in [2.24, 2.45) is 0 Å². The summed E-state index contributed by atoms with van der Waals surface area (Å²) in [7, 11) is -3.60. The lowest BCUT2D eigenvalue weighted by Gasteiger charge is -2.15. The summed E-state index contributed by atoms with van der Waals surface area (Å²) in [6.45, 7) is 4.35. The van der Waals surface area contributed by atoms with Gasteiger partial charge in [0.05, 0.1) is 11.5 Å². The van der Waals surface area contributed by atoms with Crippen LogP contribution in [0.4, 0.5) is 0 Å². The quantitative estimate of drug-likeness (QED) is 0.718. The smallest absolute Gasteiger partial charge is 0.241 e. The molecule has 130 valence electrons. The molecular formula is C20H21NO3S. The molecule has 0 aliphatic rings. The van der Waals surface area contributed by atoms with Gasteiger partial charge in [-0.3, -0.25) is 0 Å². The Morgan fingerprint density at radius 2 is 1.64 bits per heavy atom. The van der Waals surface area contributed by atoms with Gasteiger partial charge in [0.15, 0.2) is 0 Å². The van der Waals surface area contributed by atoms with Crippen LogP contribution < -0.4 is 9.46 Å². The van der Waals surface area contributed by atoms with Crippen molar-refractivity contribution in [3.8, 4) is 5.75 Å². The van der Waals surface area contributed by atoms with Crippen LogP contribution in [0, 0.1) is 0 Å². The van der Waals surface area contributed by atoms with Gasteiger partial charge in [0.25, 0.3) is 0 Å². The fourth-order valence-electron chi connectivity index (χ4n) is 2.72. The fourth-order valence-corrected chi connectivity index (χ4v) is 3.99. The van der Waals surface area contributed by atoms with Gasteiger partial charge in [-0.2, -0.15) is 0 Å². The second kappa shape index (κ2) is 7.25. The molecule has 25 heavy (non-hydrogen) atoms. The Morgan fingerprint density at radius 1 is 0.960 bits per heavy atom. The Bertz CT molecular complexity index is 966. The van der Waals surface area contributed by atoms with Crippen molar-refractivity contribution >= 4 is 20.8 Å². The SMILES string of the molecule is CCOc1ccc([C@@H](C)NS(=O)(=O)c2ccc3ccccc3c2)cc1. The van der Waals surface area contributed by atoms with E-state index in [-0.39, 0.29) is 10.9 Å². The van der Waals surface area contributed by atoms with Gasteiger partial charge in [-0.25, -0.2) is 13.1 Å². The Kier molecular flexibility index (Phi) is 5.06. The van der Waals surface area contributed by atoms with Gasteiger partial charge in [-0.1, -0.05) is 42.5 Å². The van der Waals surface area contributed by atoms with Crippen molar-refractivity contribution in [3.05, 3.63) is 72.3 Å². The summed E-state index contributed by atoms with van der Waals surface area (Å²) in [5, 5.41) is 1.92. The first-order valence-corrected chi connectivity index (χ1v) is 9.72. The Balaban J connectivity index is 1.81. The highest BCUT2D eigenvalue weighted by Crippen LogP contribution is 2.22. The molecule has 0 fully saturated rings. The standard InChI is InChI=1S/C20H21NO3S/c1-3-24-19-11-8-16(9-12-19)15(2)21-25(22,23)20-13-10-17-6-4-5-7-18(17)14-20/h4-15,21H,3H2,1-2H3/t15-/m1/s1. The first-order chi connectivity index (χ1) is 12.0. The van der Waals surface area contributed by atoms with E-state index in [1.807, 2.05) is 68.4 Å². The van der Waals surface area contributed by atoms with E-state index in [1.54, 1.807) is 12.1 Å². The summed E-state index contributed by atoms with van der Waals surface area (Å²) in [6, 6.07) is 20.0. The third kappa shape index (κ3) is 4.00. The Labute approximate surface area is 148 Å². The molecule has 0 saturated heterocycles. The molecule has 0 aromatic heterocycles. The molecule has 0 spiro atoms. The molecule has 5 heteroatoms. The first kappa shape index (κ1) is 17.5. The summed E-state index contributed by atoms with van der Waals surface area (Å²) in [5.41, 5.74) is 0.882. The number of benzene rings is 3. The first-order valence-electron chi connectivity index (χ1n) is 8.23. The molecule has 0 unspecified atom stereocenters. The summed E-state index contributed by atoms with van der Waals surface area (Å²) >= 11 is 0. The van der Waals surface area contributed by atoms with Crippen LogP contribution in [0.5, 0.6) is 5.75 Å². The highest BCUT2D eigenvalue weighted by Gasteiger charge is 2.18. The molecule has 1 N–H and O–H groups in total. The van der Waals surface area contributed by atoms with Crippen LogP contribution in [0.15, 0.2) is 71.6 Å². The molecule has 0 aliphatic heterocycles. The number of fused-ring (bicyclic) bond motifs is 1. The molecule has 0 bridgehead atoms. The molecule has 1 atom stereocenters. The second-order valence-corrected chi connectivity index (χ2v) is 7.57. The maximum atomic E-state index is 12.7. The van der Waals surface area contributed by atoms with Crippen molar-refractivity contribution in [3.63, 3.8) is 0 Å². The minimum absolute atomic E-state index is 0.268. The predicted molar refractivity (Wildman–Crippen MR) is 100 cm³/mol. The van der Waals surface area contributed by atoms with E-state index in [0.717, 1.165) is 22.1 Å². The molecule has 3 aromatic rings. The summed E-state index contributed by atoms with van der Waals surface area (Å²) in [4.78, 5) is 0.268. The Morgan fingerprint density at radius 3 is 2.32 bits per heavy atom. The number of sulfonamides is 1. The van der Waals surface area contributed by atoms with Crippen molar-refractivity contribution in [2.75, 3.05) is 6.61 Å². The number of ether oxygens (including phenoxy) is 1. The van der Waals surface area contributed by atoms with Crippen LogP contribution in [0.1, 0.15) is 25.5 Å². The predicted octanol–water partition coefficient (Wildman–Crippen LogP) is 4.28. The van der Waals surface area contributed by atoms with E-state index in [2.05, 4.69) is 4.72 Å². The molecule has 0 radical (unpaired) electrons. The minimum Gasteiger partial charge on any atom is -0.494 e. The number of rotatable bonds is 6. The van der Waals surface area contributed by atoms with Crippen LogP contribution >= 0.6 is 0 Å². The highest BCUT2D eigenvalue weighted by atomic mass is 32.2. The van der Waals surface area contributed by atoms with E-state index in [0.29, 0.717) is 6.61 Å². The van der Waals surface area contributed by atoms with E-state index in [9.17, 15) is 8.42 Å². The van der Waals surface area contributed by atoms with E-state index >= 15 is 0 Å². The normalized spacial score (nSPS) is 12.9. The topological polar surface area (TPSA) is 55.4 Å². The molecule has 0 aliphatic carbocycles. The Hall–Kier alpha value is -2.37. The maximum Gasteiger partial charge on any atom is 0.241 e. The third-order valence-corrected chi connectivity index (χ3v) is 5.59. The molecule has 0 saturated carbocycles. The molecule has 3 rings (SSSR count). The number of hydrogen-bond acceptors (Lipinski definition) is 3. The van der Waals surface area contributed by atoms with Gasteiger partial charge in [0.2, 0.25) is 10.0 Å². The maximum absolute atomic E-state index is 12.7. The average Bonchev–Trinajstić information content (AvgIpc) is 2.62. The van der Waals surface area contributed by atoms with Gasteiger partial charge < -0.3 is 4.74 Å². The van der Waals surface area contributed by atoms with Crippen LogP contribution in [-0.4, -0.2) is 15.0 Å². The lowest BCUT2D eigenvalue weighted by molar-refractivity contribution is 0.340. The van der Waals surface area contributed by atoms with Gasteiger partial charge in [-0.15, -0.1) is 0 Å². The zero-order chi connectivity index (χ0) is 17.9. The van der Waals surface area contributed by atoms with E-state index in [1.165, 1.54) is 0 Å². The average molecular weight is 355 g/mol. The van der Waals surface area contributed by atoms with Crippen LogP contribution in [-0.2, 0) is 10.0 Å². The monoisotopic (exact) mass is 355 g/mol. The zero-order valence-corrected chi connectivity index (χ0v) is 15.1. The lowest BCUT2D eigenvalue weighted by Crippen LogP contribution is -2.26. The fraction of sp³-hybridized carbons (Fsp3) is 0.200. The van der Waals surface area contributed by atoms with Gasteiger partial charge in [-0.05, 0) is 54.4 Å². The number of hydrogen-bond donors (Lipinski definition) is 1. The van der Waals surface area contributed by atoms with Crippen LogP contribution in [0.3, 0.4) is 0 Å². The molecular weight excluding hydrogens is 334 g/mol. The molecule has 3 aromatic carbocycles. The van der Waals surface area contributed by atoms with Crippen LogP contribution in [0.2, 0.25) is 0 Å². The molecule has 0 heterocycles. The minimum atomic E-state index is -3.60. The van der Waals surface area contributed by atoms with Crippen LogP contribution in [0.25, 0.3) is 10.8 Å². The lowest BCUT2D eigenvalue weighted by atomic mass is 10.1. The highest BCUT2D eigenvalue weighted by molar-refractivity contribution is 7.89. The molecule has 0 amide bonds. The van der Waals surface area contributed by atoms with Gasteiger partial charge in [0, 0.05) is 6.04 Å². The summed E-state index contributed by atoms with van der Waals surface area (Å²) in [6.07, 6.45) is 0. The van der Waals surface area contributed by atoms with Gasteiger partial charge in [0.1, 0.15) is 5.75 Å². The van der Waals surface area contributed by atoms with E-state index < -0.39 is 10.0 Å². The third-order valence-electron chi connectivity index (χ3n) is 4.05. The van der Waals surface area contributed by atoms with Gasteiger partial charge >= 0.3 is 0 Å². The van der Waals surface area contributed by atoms with Crippen molar-refractivity contribution < 1.29 is 13.2 Å². The van der Waals surface area contributed by atoms with Crippen molar-refractivity contribution in [1.82, 2.24) is 4.72 Å². The van der Waals surface area contributed by atoms with Crippen molar-refractivity contribution in [1.29, 1.82) is 0 Å². The number of nitrogens with one attached hydrogen (secondary N) is 1. The zero-order valence-electron chi connectivity index (χ0n) is 14.3. The summed E-state index contributed by atoms with van der Waals surface area (Å²) < 4.78 is 33.5. The summed E-state index contributed by atoms with van der Waals surface area (Å²) in [5.74, 6) is 0.774. The largest absolute Gasteiger partial charge is 0.494 e.